The van der Waals surface area contributed by atoms with Crippen LogP contribution in [0.5, 0.6) is 0 Å². The van der Waals surface area contributed by atoms with Crippen LogP contribution in [0.4, 0.5) is 4.79 Å². The maximum absolute atomic E-state index is 11.5. The predicted octanol–water partition coefficient (Wildman–Crippen LogP) is 1.12. The highest BCUT2D eigenvalue weighted by atomic mass is 16.6. The number of fused-ring (bicyclic) bond motifs is 2. The van der Waals surface area contributed by atoms with Gasteiger partial charge in [-0.25, -0.2) is 4.79 Å². The SMILES string of the molecule is CC(C)(C)OC(=O)NC1[C@@H]2CNC[C@H]1C2. The van der Waals surface area contributed by atoms with Crippen LogP contribution in [-0.4, -0.2) is 30.8 Å². The lowest BCUT2D eigenvalue weighted by molar-refractivity contribution is 0.0236. The van der Waals surface area contributed by atoms with Crippen molar-refractivity contribution in [3.63, 3.8) is 0 Å². The quantitative estimate of drug-likeness (QED) is 0.685. The van der Waals surface area contributed by atoms with Gasteiger partial charge in [0.05, 0.1) is 0 Å². The lowest BCUT2D eigenvalue weighted by Crippen LogP contribution is -2.63. The van der Waals surface area contributed by atoms with Crippen LogP contribution in [0, 0.1) is 11.8 Å². The summed E-state index contributed by atoms with van der Waals surface area (Å²) in [5, 5.41) is 6.32. The molecule has 4 heteroatoms. The monoisotopic (exact) mass is 212 g/mol. The molecule has 0 spiro atoms. The van der Waals surface area contributed by atoms with E-state index in [-0.39, 0.29) is 6.09 Å². The second-order valence-electron chi connectivity index (χ2n) is 5.59. The van der Waals surface area contributed by atoms with Gasteiger partial charge in [0, 0.05) is 6.04 Å². The Morgan fingerprint density at radius 3 is 2.40 bits per heavy atom. The predicted molar refractivity (Wildman–Crippen MR) is 57.6 cm³/mol. The molecule has 2 bridgehead atoms. The molecule has 1 aliphatic carbocycles. The van der Waals surface area contributed by atoms with E-state index in [1.54, 1.807) is 0 Å². The average molecular weight is 212 g/mol. The fraction of sp³-hybridized carbons (Fsp3) is 0.909. The molecule has 3 aliphatic rings. The van der Waals surface area contributed by atoms with Crippen molar-refractivity contribution < 1.29 is 9.53 Å². The molecule has 15 heavy (non-hydrogen) atoms. The number of amides is 1. The van der Waals surface area contributed by atoms with Crippen molar-refractivity contribution in [2.45, 2.75) is 38.8 Å². The van der Waals surface area contributed by atoms with Gasteiger partial charge in [0.15, 0.2) is 0 Å². The second kappa shape index (κ2) is 3.67. The first kappa shape index (κ1) is 10.7. The third kappa shape index (κ3) is 2.43. The molecule has 0 radical (unpaired) electrons. The molecule has 2 heterocycles. The Morgan fingerprint density at radius 1 is 1.33 bits per heavy atom. The van der Waals surface area contributed by atoms with E-state index in [4.69, 9.17) is 4.74 Å². The van der Waals surface area contributed by atoms with E-state index < -0.39 is 5.60 Å². The minimum atomic E-state index is -0.402. The van der Waals surface area contributed by atoms with Gasteiger partial charge in [0.2, 0.25) is 0 Å². The normalized spacial score (nSPS) is 34.2. The summed E-state index contributed by atoms with van der Waals surface area (Å²) in [5.74, 6) is 1.22. The third-order valence-corrected chi connectivity index (χ3v) is 3.12. The largest absolute Gasteiger partial charge is 0.444 e. The minimum Gasteiger partial charge on any atom is -0.444 e. The van der Waals surface area contributed by atoms with Gasteiger partial charge in [0.25, 0.3) is 0 Å². The molecule has 4 nitrogen and oxygen atoms in total. The zero-order valence-electron chi connectivity index (χ0n) is 9.67. The van der Waals surface area contributed by atoms with Crippen LogP contribution >= 0.6 is 0 Å². The summed E-state index contributed by atoms with van der Waals surface area (Å²) in [6.45, 7) is 7.70. The smallest absolute Gasteiger partial charge is 0.407 e. The van der Waals surface area contributed by atoms with Crippen LogP contribution in [0.15, 0.2) is 0 Å². The number of nitrogens with one attached hydrogen (secondary N) is 2. The van der Waals surface area contributed by atoms with Gasteiger partial charge >= 0.3 is 6.09 Å². The van der Waals surface area contributed by atoms with Gasteiger partial charge in [0.1, 0.15) is 5.60 Å². The Balaban J connectivity index is 1.80. The summed E-state index contributed by atoms with van der Waals surface area (Å²) < 4.78 is 5.24. The number of hydrogen-bond acceptors (Lipinski definition) is 3. The highest BCUT2D eigenvalue weighted by molar-refractivity contribution is 5.68. The summed E-state index contributed by atoms with van der Waals surface area (Å²) in [6.07, 6.45) is 0.970. The number of hydrogen-bond donors (Lipinski definition) is 2. The van der Waals surface area contributed by atoms with Crippen molar-refractivity contribution in [2.75, 3.05) is 13.1 Å². The standard InChI is InChI=1S/C11H20N2O2/c1-11(2,3)15-10(14)13-9-7-4-8(9)6-12-5-7/h7-9,12H,4-6H2,1-3H3,(H,13,14)/t7-,8+,9?. The Hall–Kier alpha value is -0.770. The maximum Gasteiger partial charge on any atom is 0.407 e. The van der Waals surface area contributed by atoms with Crippen molar-refractivity contribution in [3.05, 3.63) is 0 Å². The Kier molecular flexibility index (Phi) is 2.63. The van der Waals surface area contributed by atoms with E-state index in [1.807, 2.05) is 20.8 Å². The van der Waals surface area contributed by atoms with Crippen molar-refractivity contribution in [3.8, 4) is 0 Å². The van der Waals surface area contributed by atoms with Crippen LogP contribution in [0.25, 0.3) is 0 Å². The molecule has 1 amide bonds. The number of carbonyl (C=O) groups is 1. The lowest BCUT2D eigenvalue weighted by Gasteiger charge is -2.49. The fourth-order valence-corrected chi connectivity index (χ4v) is 2.43. The fourth-order valence-electron chi connectivity index (χ4n) is 2.43. The van der Waals surface area contributed by atoms with E-state index in [9.17, 15) is 4.79 Å². The van der Waals surface area contributed by atoms with E-state index in [2.05, 4.69) is 10.6 Å². The molecule has 1 unspecified atom stereocenters. The summed E-state index contributed by atoms with van der Waals surface area (Å²) in [6, 6.07) is 0.334. The summed E-state index contributed by atoms with van der Waals surface area (Å²) in [4.78, 5) is 11.5. The van der Waals surface area contributed by atoms with Gasteiger partial charge in [-0.05, 0) is 52.1 Å². The first-order valence-corrected chi connectivity index (χ1v) is 5.66. The molecule has 86 valence electrons. The zero-order valence-corrected chi connectivity index (χ0v) is 9.67. The van der Waals surface area contributed by atoms with Crippen LogP contribution in [0.2, 0.25) is 0 Å². The molecule has 0 aromatic carbocycles. The van der Waals surface area contributed by atoms with Gasteiger partial charge in [-0.3, -0.25) is 0 Å². The van der Waals surface area contributed by atoms with Crippen molar-refractivity contribution in [2.24, 2.45) is 11.8 Å². The van der Waals surface area contributed by atoms with Gasteiger partial charge in [-0.2, -0.15) is 0 Å². The Labute approximate surface area is 90.8 Å². The molecule has 3 atom stereocenters. The lowest BCUT2D eigenvalue weighted by atomic mass is 9.67. The molecule has 2 aliphatic heterocycles. The second-order valence-corrected chi connectivity index (χ2v) is 5.59. The van der Waals surface area contributed by atoms with Gasteiger partial charge in [-0.15, -0.1) is 0 Å². The van der Waals surface area contributed by atoms with E-state index in [0.29, 0.717) is 17.9 Å². The van der Waals surface area contributed by atoms with E-state index >= 15 is 0 Å². The van der Waals surface area contributed by atoms with Crippen molar-refractivity contribution >= 4 is 6.09 Å². The zero-order chi connectivity index (χ0) is 11.1. The number of carbonyl (C=O) groups excluding carboxylic acids is 1. The van der Waals surface area contributed by atoms with Crippen LogP contribution in [0.3, 0.4) is 0 Å². The summed E-state index contributed by atoms with van der Waals surface area (Å²) >= 11 is 0. The highest BCUT2D eigenvalue weighted by Crippen LogP contribution is 2.36. The van der Waals surface area contributed by atoms with Gasteiger partial charge < -0.3 is 15.4 Å². The van der Waals surface area contributed by atoms with E-state index in [0.717, 1.165) is 13.1 Å². The highest BCUT2D eigenvalue weighted by Gasteiger charge is 2.44. The number of ether oxygens (including phenoxy) is 1. The van der Waals surface area contributed by atoms with E-state index in [1.165, 1.54) is 6.42 Å². The summed E-state index contributed by atoms with van der Waals surface area (Å²) in [7, 11) is 0. The van der Waals surface area contributed by atoms with Crippen LogP contribution < -0.4 is 10.6 Å². The summed E-state index contributed by atoms with van der Waals surface area (Å²) in [5.41, 5.74) is -0.402. The minimum absolute atomic E-state index is 0.274. The van der Waals surface area contributed by atoms with Crippen molar-refractivity contribution in [1.82, 2.24) is 10.6 Å². The number of piperidine rings is 2. The first-order valence-electron chi connectivity index (χ1n) is 5.66. The molecule has 0 aromatic heterocycles. The number of alkyl carbamates (subject to hydrolysis) is 1. The molecule has 3 rings (SSSR count). The molecule has 2 saturated heterocycles. The molecular weight excluding hydrogens is 192 g/mol. The molecule has 3 fully saturated rings. The topological polar surface area (TPSA) is 50.4 Å². The van der Waals surface area contributed by atoms with Crippen LogP contribution in [-0.2, 0) is 4.74 Å². The van der Waals surface area contributed by atoms with Crippen LogP contribution in [0.1, 0.15) is 27.2 Å². The molecular formula is C11H20N2O2. The third-order valence-electron chi connectivity index (χ3n) is 3.12. The van der Waals surface area contributed by atoms with Crippen molar-refractivity contribution in [1.29, 1.82) is 0 Å². The molecule has 2 N–H and O–H groups in total. The molecule has 1 saturated carbocycles. The Morgan fingerprint density at radius 2 is 1.93 bits per heavy atom. The Bertz CT molecular complexity index is 246. The first-order chi connectivity index (χ1) is 6.96. The maximum atomic E-state index is 11.5. The average Bonchev–Trinajstić information content (AvgIpc) is 2.12. The number of rotatable bonds is 1. The molecule has 0 aromatic rings. The van der Waals surface area contributed by atoms with Gasteiger partial charge in [-0.1, -0.05) is 0 Å².